The molecule has 66 valence electrons. The molecule has 1 saturated carbocycles. The van der Waals surface area contributed by atoms with Crippen molar-refractivity contribution in [3.63, 3.8) is 0 Å². The third-order valence-electron chi connectivity index (χ3n) is 2.96. The molecule has 1 heterocycles. The first-order chi connectivity index (χ1) is 5.70. The Labute approximate surface area is 72.8 Å². The Hall–Kier alpha value is -0.860. The zero-order chi connectivity index (χ0) is 8.60. The molecule has 0 radical (unpaired) electrons. The van der Waals surface area contributed by atoms with Gasteiger partial charge in [0.05, 0.1) is 12.2 Å². The molecule has 0 N–H and O–H groups in total. The van der Waals surface area contributed by atoms with Gasteiger partial charge in [-0.2, -0.15) is 0 Å². The molecule has 0 aliphatic heterocycles. The van der Waals surface area contributed by atoms with E-state index in [-0.39, 0.29) is 0 Å². The zero-order valence-electron chi connectivity index (χ0n) is 7.70. The van der Waals surface area contributed by atoms with Gasteiger partial charge in [-0.05, 0) is 18.3 Å². The monoisotopic (exact) mass is 165 g/mol. The lowest BCUT2D eigenvalue weighted by atomic mass is 9.87. The fraction of sp³-hybridized carbons (Fsp3) is 0.778. The molecule has 0 amide bonds. The molecule has 1 aliphatic carbocycles. The Morgan fingerprint density at radius 3 is 2.83 bits per heavy atom. The molecule has 1 aliphatic rings. The maximum absolute atomic E-state index is 4.06. The highest BCUT2D eigenvalue weighted by atomic mass is 15.4. The lowest BCUT2D eigenvalue weighted by Gasteiger charge is -2.26. The van der Waals surface area contributed by atoms with E-state index in [9.17, 15) is 0 Å². The summed E-state index contributed by atoms with van der Waals surface area (Å²) in [6, 6.07) is 0.556. The Morgan fingerprint density at radius 1 is 1.50 bits per heavy atom. The van der Waals surface area contributed by atoms with E-state index in [1.807, 2.05) is 10.9 Å². The van der Waals surface area contributed by atoms with Crippen molar-refractivity contribution < 1.29 is 0 Å². The molecule has 2 rings (SSSR count). The second-order valence-corrected chi connectivity index (χ2v) is 4.28. The van der Waals surface area contributed by atoms with Crippen molar-refractivity contribution >= 4 is 0 Å². The van der Waals surface area contributed by atoms with Crippen LogP contribution in [0.2, 0.25) is 0 Å². The van der Waals surface area contributed by atoms with Crippen molar-refractivity contribution in [3.8, 4) is 0 Å². The summed E-state index contributed by atoms with van der Waals surface area (Å²) in [5.41, 5.74) is 0.397. The Bertz CT molecular complexity index is 251. The Kier molecular flexibility index (Phi) is 1.67. The van der Waals surface area contributed by atoms with Gasteiger partial charge in [0.15, 0.2) is 0 Å². The van der Waals surface area contributed by atoms with Crippen LogP contribution in [0.15, 0.2) is 12.4 Å². The third-order valence-corrected chi connectivity index (χ3v) is 2.96. The maximum atomic E-state index is 4.06. The zero-order valence-corrected chi connectivity index (χ0v) is 7.70. The minimum Gasteiger partial charge on any atom is -0.249 e. The summed E-state index contributed by atoms with van der Waals surface area (Å²) in [6.07, 6.45) is 7.59. The summed E-state index contributed by atoms with van der Waals surface area (Å²) in [7, 11) is 0. The highest BCUT2D eigenvalue weighted by Gasteiger charge is 2.36. The van der Waals surface area contributed by atoms with Crippen LogP contribution in [0.1, 0.15) is 39.2 Å². The minimum absolute atomic E-state index is 0.397. The second-order valence-electron chi connectivity index (χ2n) is 4.28. The van der Waals surface area contributed by atoms with Crippen LogP contribution in [-0.2, 0) is 0 Å². The van der Waals surface area contributed by atoms with Gasteiger partial charge in [0, 0.05) is 6.20 Å². The average molecular weight is 165 g/mol. The SMILES string of the molecule is CC1(C)CCCC1n1ccnn1. The normalized spacial score (nSPS) is 27.7. The Balaban J connectivity index is 2.25. The average Bonchev–Trinajstić information content (AvgIpc) is 2.55. The van der Waals surface area contributed by atoms with Crippen LogP contribution in [0, 0.1) is 5.41 Å². The van der Waals surface area contributed by atoms with Gasteiger partial charge in [0.2, 0.25) is 0 Å². The van der Waals surface area contributed by atoms with Gasteiger partial charge < -0.3 is 0 Å². The highest BCUT2D eigenvalue weighted by Crippen LogP contribution is 2.45. The van der Waals surface area contributed by atoms with E-state index in [4.69, 9.17) is 0 Å². The number of hydrogen-bond donors (Lipinski definition) is 0. The third kappa shape index (κ3) is 1.13. The minimum atomic E-state index is 0.397. The smallest absolute Gasteiger partial charge is 0.0693 e. The van der Waals surface area contributed by atoms with E-state index in [0.29, 0.717) is 11.5 Å². The van der Waals surface area contributed by atoms with Crippen molar-refractivity contribution in [2.45, 2.75) is 39.2 Å². The van der Waals surface area contributed by atoms with E-state index in [2.05, 4.69) is 24.2 Å². The summed E-state index contributed by atoms with van der Waals surface area (Å²) in [6.45, 7) is 4.62. The van der Waals surface area contributed by atoms with Crippen molar-refractivity contribution in [2.75, 3.05) is 0 Å². The van der Waals surface area contributed by atoms with Gasteiger partial charge in [-0.25, -0.2) is 4.68 Å². The van der Waals surface area contributed by atoms with Crippen molar-refractivity contribution in [3.05, 3.63) is 12.4 Å². The lowest BCUT2D eigenvalue weighted by Crippen LogP contribution is -2.21. The highest BCUT2D eigenvalue weighted by molar-refractivity contribution is 4.89. The van der Waals surface area contributed by atoms with Gasteiger partial charge in [-0.3, -0.25) is 0 Å². The van der Waals surface area contributed by atoms with Crippen LogP contribution >= 0.6 is 0 Å². The quantitative estimate of drug-likeness (QED) is 0.637. The molecular weight excluding hydrogens is 150 g/mol. The van der Waals surface area contributed by atoms with Crippen LogP contribution in [0.5, 0.6) is 0 Å². The summed E-state index contributed by atoms with van der Waals surface area (Å²) < 4.78 is 2.01. The lowest BCUT2D eigenvalue weighted by molar-refractivity contribution is 0.240. The number of aromatic nitrogens is 3. The second kappa shape index (κ2) is 2.57. The molecule has 12 heavy (non-hydrogen) atoms. The summed E-state index contributed by atoms with van der Waals surface area (Å²) in [5.74, 6) is 0. The van der Waals surface area contributed by atoms with Crippen LogP contribution in [0.25, 0.3) is 0 Å². The molecule has 0 spiro atoms. The first-order valence-electron chi connectivity index (χ1n) is 4.56. The molecule has 1 aromatic heterocycles. The number of nitrogens with zero attached hydrogens (tertiary/aromatic N) is 3. The van der Waals surface area contributed by atoms with E-state index in [1.54, 1.807) is 6.20 Å². The topological polar surface area (TPSA) is 30.7 Å². The fourth-order valence-corrected chi connectivity index (χ4v) is 2.18. The summed E-state index contributed by atoms with van der Waals surface area (Å²) in [4.78, 5) is 0. The molecule has 0 aromatic carbocycles. The number of rotatable bonds is 1. The summed E-state index contributed by atoms with van der Waals surface area (Å²) in [5, 5.41) is 7.91. The van der Waals surface area contributed by atoms with Gasteiger partial charge in [0.25, 0.3) is 0 Å². The first kappa shape index (κ1) is 7.77. The Morgan fingerprint density at radius 2 is 2.33 bits per heavy atom. The molecule has 0 saturated heterocycles. The van der Waals surface area contributed by atoms with Crippen LogP contribution in [0.4, 0.5) is 0 Å². The maximum Gasteiger partial charge on any atom is 0.0693 e. The standard InChI is InChI=1S/C9H15N3/c1-9(2)5-3-4-8(9)12-7-6-10-11-12/h6-8H,3-5H2,1-2H3. The van der Waals surface area contributed by atoms with Gasteiger partial charge in [-0.15, -0.1) is 5.10 Å². The van der Waals surface area contributed by atoms with E-state index in [0.717, 1.165) is 0 Å². The molecule has 3 nitrogen and oxygen atoms in total. The molecule has 1 fully saturated rings. The van der Waals surface area contributed by atoms with Gasteiger partial charge in [-0.1, -0.05) is 25.5 Å². The van der Waals surface area contributed by atoms with Gasteiger partial charge >= 0.3 is 0 Å². The molecule has 3 heteroatoms. The predicted octanol–water partition coefficient (Wildman–Crippen LogP) is 2.03. The van der Waals surface area contributed by atoms with Crippen molar-refractivity contribution in [1.82, 2.24) is 15.0 Å². The molecule has 0 bridgehead atoms. The predicted molar refractivity (Wildman–Crippen MR) is 46.7 cm³/mol. The first-order valence-corrected chi connectivity index (χ1v) is 4.56. The van der Waals surface area contributed by atoms with Crippen LogP contribution in [-0.4, -0.2) is 15.0 Å². The fourth-order valence-electron chi connectivity index (χ4n) is 2.18. The van der Waals surface area contributed by atoms with E-state index in [1.165, 1.54) is 19.3 Å². The largest absolute Gasteiger partial charge is 0.249 e. The van der Waals surface area contributed by atoms with Crippen LogP contribution in [0.3, 0.4) is 0 Å². The molecule has 1 atom stereocenters. The molecule has 1 unspecified atom stereocenters. The molecule has 1 aromatic rings. The number of hydrogen-bond acceptors (Lipinski definition) is 2. The summed E-state index contributed by atoms with van der Waals surface area (Å²) >= 11 is 0. The van der Waals surface area contributed by atoms with E-state index < -0.39 is 0 Å². The van der Waals surface area contributed by atoms with E-state index >= 15 is 0 Å². The van der Waals surface area contributed by atoms with Crippen molar-refractivity contribution in [1.29, 1.82) is 0 Å². The van der Waals surface area contributed by atoms with Crippen molar-refractivity contribution in [2.24, 2.45) is 5.41 Å². The van der Waals surface area contributed by atoms with Crippen LogP contribution < -0.4 is 0 Å². The molecular formula is C9H15N3. The van der Waals surface area contributed by atoms with Gasteiger partial charge in [0.1, 0.15) is 0 Å².